The van der Waals surface area contributed by atoms with Crippen molar-refractivity contribution in [3.63, 3.8) is 0 Å². The highest BCUT2D eigenvalue weighted by Gasteiger charge is 2.15. The Morgan fingerprint density at radius 2 is 1.90 bits per heavy atom. The van der Waals surface area contributed by atoms with Gasteiger partial charge in [-0.2, -0.15) is 0 Å². The van der Waals surface area contributed by atoms with Crippen molar-refractivity contribution in [3.05, 3.63) is 58.9 Å². The normalized spacial score (nSPS) is 12.2. The first-order valence-corrected chi connectivity index (χ1v) is 7.45. The van der Waals surface area contributed by atoms with Gasteiger partial charge in [0, 0.05) is 12.6 Å². The predicted molar refractivity (Wildman–Crippen MR) is 88.0 cm³/mol. The Morgan fingerprint density at radius 1 is 1.19 bits per heavy atom. The van der Waals surface area contributed by atoms with Crippen molar-refractivity contribution in [1.29, 1.82) is 0 Å². The lowest BCUT2D eigenvalue weighted by molar-refractivity contribution is 0.625. The van der Waals surface area contributed by atoms with Gasteiger partial charge in [0.05, 0.1) is 16.4 Å². The summed E-state index contributed by atoms with van der Waals surface area (Å²) in [6.45, 7) is 4.69. The number of nitrogens with one attached hydrogen (secondary N) is 1. The summed E-state index contributed by atoms with van der Waals surface area (Å²) in [6.07, 6.45) is 0. The van der Waals surface area contributed by atoms with E-state index in [0.717, 1.165) is 11.3 Å². The average Bonchev–Trinajstić information content (AvgIpc) is 2.50. The van der Waals surface area contributed by atoms with Crippen molar-refractivity contribution in [1.82, 2.24) is 5.32 Å². The molecule has 2 aromatic carbocycles. The molecule has 1 N–H and O–H groups in total. The molecule has 0 spiro atoms. The molecule has 0 saturated heterocycles. The van der Waals surface area contributed by atoms with Crippen molar-refractivity contribution >= 4 is 23.0 Å². The van der Waals surface area contributed by atoms with Crippen LogP contribution in [0.3, 0.4) is 0 Å². The second-order valence-corrected chi connectivity index (χ2v) is 5.32. The van der Waals surface area contributed by atoms with Crippen LogP contribution >= 0.6 is 11.6 Å². The number of benzene rings is 2. The molecule has 0 aliphatic carbocycles. The van der Waals surface area contributed by atoms with Gasteiger partial charge in [-0.05, 0) is 50.7 Å². The Labute approximate surface area is 130 Å². The third-order valence-corrected chi connectivity index (χ3v) is 3.96. The highest BCUT2D eigenvalue weighted by molar-refractivity contribution is 6.33. The molecular formula is C17H20ClFN2. The zero-order valence-corrected chi connectivity index (χ0v) is 13.3. The molecule has 2 aromatic rings. The van der Waals surface area contributed by atoms with Crippen LogP contribution in [0.1, 0.15) is 25.5 Å². The summed E-state index contributed by atoms with van der Waals surface area (Å²) < 4.78 is 14.0. The fourth-order valence-corrected chi connectivity index (χ4v) is 2.61. The molecule has 4 heteroatoms. The number of halogens is 2. The van der Waals surface area contributed by atoms with Gasteiger partial charge in [-0.25, -0.2) is 4.39 Å². The Morgan fingerprint density at radius 3 is 2.48 bits per heavy atom. The molecule has 0 amide bonds. The molecule has 0 radical (unpaired) electrons. The van der Waals surface area contributed by atoms with Crippen molar-refractivity contribution in [3.8, 4) is 0 Å². The molecule has 0 aliphatic heterocycles. The van der Waals surface area contributed by atoms with E-state index in [9.17, 15) is 4.39 Å². The van der Waals surface area contributed by atoms with Crippen LogP contribution in [0.15, 0.2) is 42.5 Å². The zero-order chi connectivity index (χ0) is 15.4. The molecule has 0 bridgehead atoms. The molecule has 0 heterocycles. The van der Waals surface area contributed by atoms with E-state index >= 15 is 0 Å². The average molecular weight is 307 g/mol. The minimum Gasteiger partial charge on any atom is -0.338 e. The third kappa shape index (κ3) is 3.36. The van der Waals surface area contributed by atoms with Gasteiger partial charge in [0.25, 0.3) is 0 Å². The van der Waals surface area contributed by atoms with E-state index in [1.165, 1.54) is 6.07 Å². The van der Waals surface area contributed by atoms with Crippen molar-refractivity contribution in [2.75, 3.05) is 18.5 Å². The van der Waals surface area contributed by atoms with E-state index in [4.69, 9.17) is 11.6 Å². The van der Waals surface area contributed by atoms with E-state index in [1.807, 2.05) is 43.1 Å². The Balaban J connectivity index is 2.42. The highest BCUT2D eigenvalue weighted by atomic mass is 35.5. The van der Waals surface area contributed by atoms with Crippen LogP contribution in [0, 0.1) is 5.82 Å². The van der Waals surface area contributed by atoms with Crippen molar-refractivity contribution in [2.45, 2.75) is 19.9 Å². The molecule has 112 valence electrons. The summed E-state index contributed by atoms with van der Waals surface area (Å²) in [5.74, 6) is -0.247. The lowest BCUT2D eigenvalue weighted by atomic mass is 10.1. The monoisotopic (exact) mass is 306 g/mol. The summed E-state index contributed by atoms with van der Waals surface area (Å²) in [4.78, 5) is 1.88. The maximum Gasteiger partial charge on any atom is 0.146 e. The zero-order valence-electron chi connectivity index (χ0n) is 12.5. The van der Waals surface area contributed by atoms with Gasteiger partial charge in [-0.15, -0.1) is 0 Å². The van der Waals surface area contributed by atoms with Crippen molar-refractivity contribution in [2.24, 2.45) is 0 Å². The quantitative estimate of drug-likeness (QED) is 0.843. The standard InChI is InChI=1S/C17H20ClFN2/c1-4-21(17-8-6-5-7-15(17)19)16-10-9-13(11-14(16)18)12(2)20-3/h5-12,20H,4H2,1-3H3. The maximum absolute atomic E-state index is 14.0. The van der Waals surface area contributed by atoms with Crippen LogP contribution < -0.4 is 10.2 Å². The third-order valence-electron chi connectivity index (χ3n) is 3.66. The number of para-hydroxylation sites is 1. The lowest BCUT2D eigenvalue weighted by Gasteiger charge is -2.25. The number of anilines is 2. The second-order valence-electron chi connectivity index (χ2n) is 4.92. The highest BCUT2D eigenvalue weighted by Crippen LogP contribution is 2.34. The van der Waals surface area contributed by atoms with E-state index in [-0.39, 0.29) is 11.9 Å². The van der Waals surface area contributed by atoms with E-state index in [2.05, 4.69) is 12.2 Å². The van der Waals surface area contributed by atoms with Gasteiger partial charge in [0.2, 0.25) is 0 Å². The minimum absolute atomic E-state index is 0.222. The summed E-state index contributed by atoms with van der Waals surface area (Å²) >= 11 is 6.41. The molecule has 2 rings (SSSR count). The van der Waals surface area contributed by atoms with Crippen molar-refractivity contribution < 1.29 is 4.39 Å². The van der Waals surface area contributed by atoms with Crippen LogP contribution in [0.2, 0.25) is 5.02 Å². The fourth-order valence-electron chi connectivity index (χ4n) is 2.32. The van der Waals surface area contributed by atoms with Gasteiger partial charge in [-0.3, -0.25) is 0 Å². The largest absolute Gasteiger partial charge is 0.338 e. The molecule has 0 saturated carbocycles. The van der Waals surface area contributed by atoms with Crippen LogP contribution in [-0.4, -0.2) is 13.6 Å². The summed E-state index contributed by atoms with van der Waals surface area (Å²) in [5.41, 5.74) is 2.46. The van der Waals surface area contributed by atoms with Gasteiger partial charge >= 0.3 is 0 Å². The fraction of sp³-hybridized carbons (Fsp3) is 0.294. The van der Waals surface area contributed by atoms with Gasteiger partial charge in [0.1, 0.15) is 5.82 Å². The molecule has 21 heavy (non-hydrogen) atoms. The van der Waals surface area contributed by atoms with Gasteiger partial charge in [0.15, 0.2) is 0 Å². The van der Waals surface area contributed by atoms with E-state index < -0.39 is 0 Å². The number of hydrogen-bond donors (Lipinski definition) is 1. The molecular weight excluding hydrogens is 287 g/mol. The Bertz CT molecular complexity index is 615. The Hall–Kier alpha value is -1.58. The number of rotatable bonds is 5. The number of hydrogen-bond acceptors (Lipinski definition) is 2. The summed E-state index contributed by atoms with van der Waals surface area (Å²) in [6, 6.07) is 12.9. The summed E-state index contributed by atoms with van der Waals surface area (Å²) in [5, 5.41) is 3.80. The van der Waals surface area contributed by atoms with Gasteiger partial charge in [-0.1, -0.05) is 29.8 Å². The first kappa shape index (κ1) is 15.8. The van der Waals surface area contributed by atoms with Crippen LogP contribution in [0.4, 0.5) is 15.8 Å². The first-order chi connectivity index (χ1) is 10.1. The minimum atomic E-state index is -0.247. The molecule has 2 nitrogen and oxygen atoms in total. The smallest absolute Gasteiger partial charge is 0.146 e. The lowest BCUT2D eigenvalue weighted by Crippen LogP contribution is -2.18. The maximum atomic E-state index is 14.0. The number of nitrogens with zero attached hydrogens (tertiary/aromatic N) is 1. The molecule has 1 atom stereocenters. The van der Waals surface area contributed by atoms with E-state index in [0.29, 0.717) is 17.3 Å². The summed E-state index contributed by atoms with van der Waals surface area (Å²) in [7, 11) is 1.91. The molecule has 0 aromatic heterocycles. The van der Waals surface area contributed by atoms with Crippen LogP contribution in [0.25, 0.3) is 0 Å². The molecule has 0 fully saturated rings. The first-order valence-electron chi connectivity index (χ1n) is 7.07. The van der Waals surface area contributed by atoms with E-state index in [1.54, 1.807) is 12.1 Å². The van der Waals surface area contributed by atoms with Gasteiger partial charge < -0.3 is 10.2 Å². The molecule has 0 aliphatic rings. The predicted octanol–water partition coefficient (Wildman–Crippen LogP) is 4.92. The van der Waals surface area contributed by atoms with Crippen LogP contribution in [-0.2, 0) is 0 Å². The second kappa shape index (κ2) is 6.92. The Kier molecular flexibility index (Phi) is 5.21. The topological polar surface area (TPSA) is 15.3 Å². The molecule has 1 unspecified atom stereocenters. The SMILES string of the molecule is CCN(c1ccccc1F)c1ccc(C(C)NC)cc1Cl. The van der Waals surface area contributed by atoms with Crippen LogP contribution in [0.5, 0.6) is 0 Å².